The average molecular weight is 389 g/mol. The lowest BCUT2D eigenvalue weighted by molar-refractivity contribution is 0.599. The monoisotopic (exact) mass is 388 g/mol. The first-order valence-electron chi connectivity index (χ1n) is 6.35. The standard InChI is InChI=1S/C14H17BrN2O2S2/c1-9-4-5-11(15)6-12(9)17-21(18,19)14-10(2)8-20-13(14)7-16-3/h4-6,8,16-17H,7H2,1-3H3. The van der Waals surface area contributed by atoms with Crippen LogP contribution in [0.15, 0.2) is 32.9 Å². The molecule has 0 spiro atoms. The number of anilines is 1. The van der Waals surface area contributed by atoms with Gasteiger partial charge in [-0.1, -0.05) is 22.0 Å². The molecule has 21 heavy (non-hydrogen) atoms. The van der Waals surface area contributed by atoms with Gasteiger partial charge in [0.05, 0.1) is 5.69 Å². The van der Waals surface area contributed by atoms with Gasteiger partial charge in [0.25, 0.3) is 10.0 Å². The van der Waals surface area contributed by atoms with Crippen LogP contribution < -0.4 is 10.0 Å². The van der Waals surface area contributed by atoms with Crippen LogP contribution in [0.25, 0.3) is 0 Å². The number of halogens is 1. The summed E-state index contributed by atoms with van der Waals surface area (Å²) in [6.45, 7) is 4.23. The summed E-state index contributed by atoms with van der Waals surface area (Å²) in [5, 5.41) is 4.87. The van der Waals surface area contributed by atoms with Crippen molar-refractivity contribution in [2.24, 2.45) is 0 Å². The smallest absolute Gasteiger partial charge is 0.263 e. The van der Waals surface area contributed by atoms with Crippen molar-refractivity contribution in [3.8, 4) is 0 Å². The zero-order valence-corrected chi connectivity index (χ0v) is 15.2. The normalized spacial score (nSPS) is 11.6. The summed E-state index contributed by atoms with van der Waals surface area (Å²) in [7, 11) is -1.79. The number of hydrogen-bond donors (Lipinski definition) is 2. The van der Waals surface area contributed by atoms with Crippen molar-refractivity contribution in [2.45, 2.75) is 25.3 Å². The molecular formula is C14H17BrN2O2S2. The Morgan fingerprint density at radius 2 is 1.95 bits per heavy atom. The molecule has 114 valence electrons. The van der Waals surface area contributed by atoms with E-state index in [2.05, 4.69) is 26.0 Å². The van der Waals surface area contributed by atoms with Crippen LogP contribution >= 0.6 is 27.3 Å². The van der Waals surface area contributed by atoms with Crippen LogP contribution in [0.5, 0.6) is 0 Å². The highest BCUT2D eigenvalue weighted by Gasteiger charge is 2.23. The van der Waals surface area contributed by atoms with E-state index in [1.165, 1.54) is 11.3 Å². The highest BCUT2D eigenvalue weighted by molar-refractivity contribution is 9.10. The van der Waals surface area contributed by atoms with Crippen LogP contribution in [0.1, 0.15) is 16.0 Å². The van der Waals surface area contributed by atoms with E-state index in [9.17, 15) is 8.42 Å². The number of rotatable bonds is 5. The van der Waals surface area contributed by atoms with Crippen LogP contribution in [-0.4, -0.2) is 15.5 Å². The van der Waals surface area contributed by atoms with Crippen molar-refractivity contribution in [1.29, 1.82) is 0 Å². The molecule has 7 heteroatoms. The second-order valence-electron chi connectivity index (χ2n) is 4.77. The Morgan fingerprint density at radius 3 is 2.62 bits per heavy atom. The van der Waals surface area contributed by atoms with Crippen molar-refractivity contribution >= 4 is 43.0 Å². The van der Waals surface area contributed by atoms with E-state index in [0.29, 0.717) is 17.1 Å². The maximum atomic E-state index is 12.7. The van der Waals surface area contributed by atoms with E-state index in [4.69, 9.17) is 0 Å². The molecule has 1 aromatic carbocycles. The molecule has 2 aromatic rings. The summed E-state index contributed by atoms with van der Waals surface area (Å²) in [5.74, 6) is 0. The van der Waals surface area contributed by atoms with Crippen molar-refractivity contribution < 1.29 is 8.42 Å². The maximum Gasteiger partial charge on any atom is 0.263 e. The van der Waals surface area contributed by atoms with Crippen molar-refractivity contribution in [3.63, 3.8) is 0 Å². The Labute approximate surface area is 137 Å². The van der Waals surface area contributed by atoms with E-state index < -0.39 is 10.0 Å². The molecule has 0 aliphatic heterocycles. The van der Waals surface area contributed by atoms with Gasteiger partial charge in [0.2, 0.25) is 0 Å². The van der Waals surface area contributed by atoms with Gasteiger partial charge >= 0.3 is 0 Å². The molecule has 0 saturated heterocycles. The van der Waals surface area contributed by atoms with Gasteiger partial charge in [0.1, 0.15) is 4.90 Å². The van der Waals surface area contributed by atoms with Gasteiger partial charge in [-0.05, 0) is 49.5 Å². The predicted octanol–water partition coefficient (Wildman–Crippen LogP) is 3.65. The molecule has 2 N–H and O–H groups in total. The molecule has 0 saturated carbocycles. The molecule has 1 heterocycles. The number of aryl methyl sites for hydroxylation is 2. The molecule has 4 nitrogen and oxygen atoms in total. The highest BCUT2D eigenvalue weighted by Crippen LogP contribution is 2.30. The third kappa shape index (κ3) is 3.66. The zero-order valence-electron chi connectivity index (χ0n) is 12.0. The van der Waals surface area contributed by atoms with E-state index in [1.807, 2.05) is 31.4 Å². The fraction of sp³-hybridized carbons (Fsp3) is 0.286. The minimum absolute atomic E-state index is 0.376. The van der Waals surface area contributed by atoms with Gasteiger partial charge in [-0.3, -0.25) is 4.72 Å². The zero-order chi connectivity index (χ0) is 15.6. The first-order valence-corrected chi connectivity index (χ1v) is 9.51. The molecule has 0 aliphatic rings. The van der Waals surface area contributed by atoms with Crippen LogP contribution in [-0.2, 0) is 16.6 Å². The number of hydrogen-bond acceptors (Lipinski definition) is 4. The van der Waals surface area contributed by atoms with E-state index in [1.54, 1.807) is 13.1 Å². The Hall–Kier alpha value is -0.890. The second-order valence-corrected chi connectivity index (χ2v) is 8.27. The van der Waals surface area contributed by atoms with Gasteiger partial charge in [0, 0.05) is 15.9 Å². The van der Waals surface area contributed by atoms with Crippen LogP contribution in [0.3, 0.4) is 0 Å². The molecular weight excluding hydrogens is 372 g/mol. The van der Waals surface area contributed by atoms with Crippen molar-refractivity contribution in [2.75, 3.05) is 11.8 Å². The van der Waals surface area contributed by atoms with Gasteiger partial charge in [-0.25, -0.2) is 8.42 Å². The number of nitrogens with one attached hydrogen (secondary N) is 2. The second kappa shape index (κ2) is 6.48. The summed E-state index contributed by atoms with van der Waals surface area (Å²) in [6.07, 6.45) is 0. The van der Waals surface area contributed by atoms with E-state index in [0.717, 1.165) is 20.5 Å². The lowest BCUT2D eigenvalue weighted by Crippen LogP contribution is -2.17. The van der Waals surface area contributed by atoms with Gasteiger partial charge < -0.3 is 5.32 Å². The van der Waals surface area contributed by atoms with Crippen molar-refractivity contribution in [3.05, 3.63) is 44.1 Å². The minimum Gasteiger partial charge on any atom is -0.315 e. The Morgan fingerprint density at radius 1 is 1.24 bits per heavy atom. The van der Waals surface area contributed by atoms with Gasteiger partial charge in [-0.2, -0.15) is 0 Å². The average Bonchev–Trinajstić information content (AvgIpc) is 2.76. The van der Waals surface area contributed by atoms with Crippen LogP contribution in [0.4, 0.5) is 5.69 Å². The molecule has 0 radical (unpaired) electrons. The Kier molecular flexibility index (Phi) is 5.08. The topological polar surface area (TPSA) is 58.2 Å². The molecule has 0 aliphatic carbocycles. The van der Waals surface area contributed by atoms with Crippen LogP contribution in [0.2, 0.25) is 0 Å². The molecule has 0 bridgehead atoms. The lowest BCUT2D eigenvalue weighted by Gasteiger charge is -2.12. The predicted molar refractivity (Wildman–Crippen MR) is 91.5 cm³/mol. The molecule has 0 atom stereocenters. The fourth-order valence-electron chi connectivity index (χ4n) is 2.03. The highest BCUT2D eigenvalue weighted by atomic mass is 79.9. The first kappa shape index (κ1) is 16.5. The number of benzene rings is 1. The molecule has 2 rings (SSSR count). The molecule has 0 unspecified atom stereocenters. The van der Waals surface area contributed by atoms with E-state index in [-0.39, 0.29) is 0 Å². The molecule has 0 amide bonds. The SMILES string of the molecule is CNCc1scc(C)c1S(=O)(=O)Nc1cc(Br)ccc1C. The maximum absolute atomic E-state index is 12.7. The number of thiophene rings is 1. The summed E-state index contributed by atoms with van der Waals surface area (Å²) >= 11 is 4.82. The van der Waals surface area contributed by atoms with Crippen molar-refractivity contribution in [1.82, 2.24) is 5.32 Å². The van der Waals surface area contributed by atoms with Gasteiger partial charge in [-0.15, -0.1) is 11.3 Å². The minimum atomic E-state index is -3.59. The first-order chi connectivity index (χ1) is 9.85. The Balaban J connectivity index is 2.43. The summed E-state index contributed by atoms with van der Waals surface area (Å²) in [4.78, 5) is 1.19. The fourth-order valence-corrected chi connectivity index (χ4v) is 5.34. The molecule has 1 aromatic heterocycles. The summed E-state index contributed by atoms with van der Waals surface area (Å²) < 4.78 is 28.9. The summed E-state index contributed by atoms with van der Waals surface area (Å²) in [5.41, 5.74) is 2.24. The number of sulfonamides is 1. The van der Waals surface area contributed by atoms with E-state index >= 15 is 0 Å². The van der Waals surface area contributed by atoms with Gasteiger partial charge in [0.15, 0.2) is 0 Å². The molecule has 0 fully saturated rings. The summed E-state index contributed by atoms with van der Waals surface area (Å²) in [6, 6.07) is 5.53. The van der Waals surface area contributed by atoms with Crippen LogP contribution in [0, 0.1) is 13.8 Å². The largest absolute Gasteiger partial charge is 0.315 e. The Bertz CT molecular complexity index is 754. The quantitative estimate of drug-likeness (QED) is 0.821. The third-order valence-electron chi connectivity index (χ3n) is 3.04. The lowest BCUT2D eigenvalue weighted by atomic mass is 10.2. The third-order valence-corrected chi connectivity index (χ3v) is 6.36.